The van der Waals surface area contributed by atoms with Crippen molar-refractivity contribution in [1.82, 2.24) is 10.2 Å². The number of aliphatic carboxylic acids is 1. The van der Waals surface area contributed by atoms with E-state index in [4.69, 9.17) is 5.11 Å². The van der Waals surface area contributed by atoms with Crippen LogP contribution in [-0.2, 0) is 4.79 Å². The van der Waals surface area contributed by atoms with Gasteiger partial charge < -0.3 is 20.6 Å². The molecule has 0 spiro atoms. The lowest BCUT2D eigenvalue weighted by Crippen LogP contribution is -2.41. The number of carboxylic acid groups (broad SMARTS) is 1. The van der Waals surface area contributed by atoms with Crippen LogP contribution in [0.25, 0.3) is 0 Å². The van der Waals surface area contributed by atoms with Gasteiger partial charge in [0.2, 0.25) is 0 Å². The summed E-state index contributed by atoms with van der Waals surface area (Å²) in [6.07, 6.45) is 2.46. The van der Waals surface area contributed by atoms with Crippen molar-refractivity contribution in [3.8, 4) is 0 Å². The number of carbonyl (C=O) groups is 3. The summed E-state index contributed by atoms with van der Waals surface area (Å²) in [7, 11) is 3.35. The molecule has 1 fully saturated rings. The van der Waals surface area contributed by atoms with E-state index in [2.05, 4.69) is 10.6 Å². The van der Waals surface area contributed by atoms with E-state index < -0.39 is 5.97 Å². The van der Waals surface area contributed by atoms with E-state index in [0.29, 0.717) is 36.9 Å². The van der Waals surface area contributed by atoms with Crippen LogP contribution in [0, 0.1) is 12.8 Å². The molecule has 1 aliphatic rings. The summed E-state index contributed by atoms with van der Waals surface area (Å²) in [5.41, 5.74) is 1.96. The van der Waals surface area contributed by atoms with E-state index in [1.165, 1.54) is 4.90 Å². The highest BCUT2D eigenvalue weighted by atomic mass is 16.4. The Morgan fingerprint density at radius 3 is 2.32 bits per heavy atom. The largest absolute Gasteiger partial charge is 0.481 e. The van der Waals surface area contributed by atoms with Gasteiger partial charge in [0, 0.05) is 31.4 Å². The maximum Gasteiger partial charge on any atom is 0.319 e. The number of carboxylic acids is 1. The molecule has 1 aromatic carbocycles. The van der Waals surface area contributed by atoms with E-state index in [9.17, 15) is 14.4 Å². The molecule has 0 heterocycles. The molecule has 0 aliphatic heterocycles. The summed E-state index contributed by atoms with van der Waals surface area (Å²) in [6, 6.07) is 4.83. The average Bonchev–Trinajstić information content (AvgIpc) is 2.56. The molecule has 0 aromatic heterocycles. The van der Waals surface area contributed by atoms with Crippen LogP contribution in [-0.4, -0.2) is 48.1 Å². The van der Waals surface area contributed by atoms with Gasteiger partial charge in [0.25, 0.3) is 5.91 Å². The first-order valence-electron chi connectivity index (χ1n) is 8.40. The zero-order chi connectivity index (χ0) is 18.6. The third kappa shape index (κ3) is 4.95. The third-order valence-electron chi connectivity index (χ3n) is 4.55. The molecule has 0 radical (unpaired) electrons. The van der Waals surface area contributed by atoms with Gasteiger partial charge in [0.1, 0.15) is 0 Å². The Labute approximate surface area is 147 Å². The topological polar surface area (TPSA) is 98.7 Å². The average molecular weight is 347 g/mol. The first-order chi connectivity index (χ1) is 11.8. The quantitative estimate of drug-likeness (QED) is 0.779. The second-order valence-corrected chi connectivity index (χ2v) is 6.71. The molecular weight excluding hydrogens is 322 g/mol. The summed E-state index contributed by atoms with van der Waals surface area (Å²) in [6.45, 7) is 1.86. The Kier molecular flexibility index (Phi) is 6.01. The Morgan fingerprint density at radius 1 is 1.12 bits per heavy atom. The zero-order valence-corrected chi connectivity index (χ0v) is 14.8. The number of rotatable bonds is 4. The zero-order valence-electron chi connectivity index (χ0n) is 14.8. The van der Waals surface area contributed by atoms with E-state index >= 15 is 0 Å². The number of hydrogen-bond acceptors (Lipinski definition) is 3. The third-order valence-corrected chi connectivity index (χ3v) is 4.55. The van der Waals surface area contributed by atoms with Crippen molar-refractivity contribution in [2.75, 3.05) is 19.4 Å². The van der Waals surface area contributed by atoms with Crippen molar-refractivity contribution < 1.29 is 19.5 Å². The first-order valence-corrected chi connectivity index (χ1v) is 8.40. The van der Waals surface area contributed by atoms with Crippen molar-refractivity contribution in [3.63, 3.8) is 0 Å². The van der Waals surface area contributed by atoms with Gasteiger partial charge in [-0.25, -0.2) is 4.79 Å². The molecular formula is C18H25N3O4. The van der Waals surface area contributed by atoms with Gasteiger partial charge in [-0.15, -0.1) is 0 Å². The number of urea groups is 1. The molecule has 1 aromatic rings. The van der Waals surface area contributed by atoms with E-state index in [1.807, 2.05) is 6.92 Å². The van der Waals surface area contributed by atoms with Gasteiger partial charge in [0.15, 0.2) is 0 Å². The van der Waals surface area contributed by atoms with Crippen LogP contribution >= 0.6 is 0 Å². The highest BCUT2D eigenvalue weighted by molar-refractivity contribution is 5.97. The SMILES string of the molecule is Cc1ccc(C(=O)N(C)C)cc1NC(=O)NC1CCC(C(=O)O)CC1. The van der Waals surface area contributed by atoms with Crippen molar-refractivity contribution in [2.45, 2.75) is 38.6 Å². The second-order valence-electron chi connectivity index (χ2n) is 6.71. The minimum absolute atomic E-state index is 0.0255. The molecule has 0 unspecified atom stereocenters. The molecule has 0 bridgehead atoms. The van der Waals surface area contributed by atoms with Crippen molar-refractivity contribution in [1.29, 1.82) is 0 Å². The van der Waals surface area contributed by atoms with Crippen LogP contribution in [0.2, 0.25) is 0 Å². The van der Waals surface area contributed by atoms with Crippen molar-refractivity contribution in [2.24, 2.45) is 5.92 Å². The summed E-state index contributed by atoms with van der Waals surface area (Å²) >= 11 is 0. The van der Waals surface area contributed by atoms with Gasteiger partial charge in [-0.05, 0) is 50.3 Å². The highest BCUT2D eigenvalue weighted by Gasteiger charge is 2.26. The number of aryl methyl sites for hydroxylation is 1. The molecule has 7 nitrogen and oxygen atoms in total. The number of anilines is 1. The van der Waals surface area contributed by atoms with E-state index in [-0.39, 0.29) is 23.9 Å². The Balaban J connectivity index is 1.95. The van der Waals surface area contributed by atoms with E-state index in [1.54, 1.807) is 32.3 Å². The molecule has 1 aliphatic carbocycles. The smallest absolute Gasteiger partial charge is 0.319 e. The second kappa shape index (κ2) is 8.00. The van der Waals surface area contributed by atoms with Crippen LogP contribution in [0.1, 0.15) is 41.6 Å². The molecule has 3 N–H and O–H groups in total. The number of nitrogens with one attached hydrogen (secondary N) is 2. The fraction of sp³-hybridized carbons (Fsp3) is 0.500. The van der Waals surface area contributed by atoms with Crippen molar-refractivity contribution in [3.05, 3.63) is 29.3 Å². The summed E-state index contributed by atoms with van der Waals surface area (Å²) in [5, 5.41) is 14.7. The van der Waals surface area contributed by atoms with Gasteiger partial charge in [-0.2, -0.15) is 0 Å². The summed E-state index contributed by atoms with van der Waals surface area (Å²) in [4.78, 5) is 36.7. The minimum Gasteiger partial charge on any atom is -0.481 e. The fourth-order valence-electron chi connectivity index (χ4n) is 2.98. The fourth-order valence-corrected chi connectivity index (χ4v) is 2.98. The Morgan fingerprint density at radius 2 is 1.76 bits per heavy atom. The number of amides is 3. The van der Waals surface area contributed by atoms with Crippen molar-refractivity contribution >= 4 is 23.6 Å². The van der Waals surface area contributed by atoms with Crippen LogP contribution in [0.3, 0.4) is 0 Å². The lowest BCUT2D eigenvalue weighted by molar-refractivity contribution is -0.142. The lowest BCUT2D eigenvalue weighted by atomic mass is 9.86. The maximum absolute atomic E-state index is 12.2. The predicted molar refractivity (Wildman–Crippen MR) is 94.7 cm³/mol. The Bertz CT molecular complexity index is 664. The minimum atomic E-state index is -0.763. The molecule has 3 amide bonds. The van der Waals surface area contributed by atoms with Gasteiger partial charge in [-0.1, -0.05) is 6.07 Å². The summed E-state index contributed by atoms with van der Waals surface area (Å²) in [5.74, 6) is -1.20. The van der Waals surface area contributed by atoms with Gasteiger partial charge in [-0.3, -0.25) is 9.59 Å². The van der Waals surface area contributed by atoms with Crippen LogP contribution < -0.4 is 10.6 Å². The summed E-state index contributed by atoms with van der Waals surface area (Å²) < 4.78 is 0. The van der Waals surface area contributed by atoms with Gasteiger partial charge in [0.05, 0.1) is 5.92 Å². The molecule has 136 valence electrons. The number of hydrogen-bond donors (Lipinski definition) is 3. The van der Waals surface area contributed by atoms with Crippen LogP contribution in [0.5, 0.6) is 0 Å². The normalized spacial score (nSPS) is 19.8. The number of nitrogens with zero attached hydrogens (tertiary/aromatic N) is 1. The first kappa shape index (κ1) is 18.8. The highest BCUT2D eigenvalue weighted by Crippen LogP contribution is 2.24. The van der Waals surface area contributed by atoms with Gasteiger partial charge >= 0.3 is 12.0 Å². The Hall–Kier alpha value is -2.57. The molecule has 0 saturated heterocycles. The standard InChI is InChI=1S/C18H25N3O4/c1-11-4-5-13(16(22)21(2)3)10-15(11)20-18(25)19-14-8-6-12(7-9-14)17(23)24/h4-5,10,12,14H,6-9H2,1-3H3,(H,23,24)(H2,19,20,25). The lowest BCUT2D eigenvalue weighted by Gasteiger charge is -2.27. The predicted octanol–water partition coefficient (Wildman–Crippen LogP) is 2.46. The van der Waals surface area contributed by atoms with Crippen LogP contribution in [0.4, 0.5) is 10.5 Å². The molecule has 0 atom stereocenters. The maximum atomic E-state index is 12.2. The molecule has 1 saturated carbocycles. The number of benzene rings is 1. The van der Waals surface area contributed by atoms with E-state index in [0.717, 1.165) is 5.56 Å². The molecule has 2 rings (SSSR count). The monoisotopic (exact) mass is 347 g/mol. The number of carbonyl (C=O) groups excluding carboxylic acids is 2. The molecule has 25 heavy (non-hydrogen) atoms. The van der Waals surface area contributed by atoms with Crippen LogP contribution in [0.15, 0.2) is 18.2 Å². The molecule has 7 heteroatoms.